The summed E-state index contributed by atoms with van der Waals surface area (Å²) in [5.74, 6) is -1.67. The molecular formula is C54H74Cl6N6O17Pt3. The Morgan fingerprint density at radius 3 is 0.721 bits per heavy atom. The van der Waals surface area contributed by atoms with Crippen molar-refractivity contribution >= 4 is 92.3 Å². The van der Waals surface area contributed by atoms with Crippen molar-refractivity contribution in [1.29, 1.82) is 0 Å². The molecule has 6 heterocycles. The topological polar surface area (TPSA) is 370 Å². The number of hydrogen-bond donors (Lipinski definition) is 6. The summed E-state index contributed by atoms with van der Waals surface area (Å²) in [4.78, 5) is 82.8. The number of carboxylic acids is 4. The van der Waals surface area contributed by atoms with Crippen LogP contribution in [0.1, 0.15) is 98.3 Å². The van der Waals surface area contributed by atoms with Crippen LogP contribution in [0.15, 0.2) is 110 Å². The standard InChI is InChI=1S/3C13H14N2O.C6H10O3.C3H6O2.3C2H4O2.6ClH.H2O2.H2O.3Pt/c3*1-3-16-11-5-7-15-13(9-11)12-8-10(2)4-6-14-12;1-3-5(7)9-6(8)4-2;1-2-3(4)5;3*1-2(3)4;;;;;;;1-2;;;;/h3*4-9H,3H2,1-2H3;3-4H2,1-2H3;2H2,1H3,(H,4,5);3*1H3,(H,3,4);6*1H;1-2H;1H2;;;/q;;;;;;;;;;;;;;;;3*+2/p-6. The second-order valence-corrected chi connectivity index (χ2v) is 24.4. The van der Waals surface area contributed by atoms with Crippen LogP contribution >= 0.6 is 56.5 Å². The maximum absolute atomic E-state index is 10.3. The summed E-state index contributed by atoms with van der Waals surface area (Å²) in [5.41, 5.74) is 8.68. The predicted molar refractivity (Wildman–Crippen MR) is 324 cm³/mol. The molecule has 0 aliphatic carbocycles. The summed E-state index contributed by atoms with van der Waals surface area (Å²) in [6.45, 7) is 22.1. The van der Waals surface area contributed by atoms with E-state index in [1.54, 1.807) is 58.0 Å². The second kappa shape index (κ2) is 67.5. The molecule has 23 nitrogen and oxygen atoms in total. The van der Waals surface area contributed by atoms with Gasteiger partial charge in [-0.2, -0.15) is 0 Å². The third-order valence-electron chi connectivity index (χ3n) is 7.77. The van der Waals surface area contributed by atoms with Crippen LogP contribution in [0.25, 0.3) is 34.2 Å². The van der Waals surface area contributed by atoms with E-state index in [0.717, 1.165) is 72.2 Å². The van der Waals surface area contributed by atoms with Crippen molar-refractivity contribution in [1.82, 2.24) is 29.9 Å². The molecule has 0 fully saturated rings. The summed E-state index contributed by atoms with van der Waals surface area (Å²) in [5, 5.41) is 42.0. The number of halogens is 6. The van der Waals surface area contributed by atoms with E-state index in [2.05, 4.69) is 34.6 Å². The van der Waals surface area contributed by atoms with Gasteiger partial charge in [-0.05, 0) is 113 Å². The van der Waals surface area contributed by atoms with Gasteiger partial charge >= 0.3 is 124 Å². The van der Waals surface area contributed by atoms with E-state index >= 15 is 0 Å². The molecule has 0 atom stereocenters. The Morgan fingerprint density at radius 2 is 0.570 bits per heavy atom. The van der Waals surface area contributed by atoms with Gasteiger partial charge in [-0.1, -0.05) is 20.8 Å². The Morgan fingerprint density at radius 1 is 0.395 bits per heavy atom. The summed E-state index contributed by atoms with van der Waals surface area (Å²) in [6, 6.07) is 23.2. The molecule has 0 radical (unpaired) electrons. The number of carbonyl (C=O) groups excluding carboxylic acids is 2. The van der Waals surface area contributed by atoms with Gasteiger partial charge in [0.05, 0.1) is 54.0 Å². The summed E-state index contributed by atoms with van der Waals surface area (Å²) in [6.07, 6.45) is 11.3. The second-order valence-electron chi connectivity index (χ2n) is 14.6. The van der Waals surface area contributed by atoms with E-state index in [0.29, 0.717) is 19.8 Å². The molecule has 6 aromatic heterocycles. The van der Waals surface area contributed by atoms with E-state index < -0.39 is 85.3 Å². The molecule has 0 saturated heterocycles. The van der Waals surface area contributed by atoms with Crippen molar-refractivity contribution < 1.29 is 134 Å². The van der Waals surface area contributed by atoms with Crippen molar-refractivity contribution in [2.75, 3.05) is 19.8 Å². The van der Waals surface area contributed by atoms with Crippen molar-refractivity contribution in [3.63, 3.8) is 0 Å². The first-order chi connectivity index (χ1) is 40.3. The van der Waals surface area contributed by atoms with Crippen molar-refractivity contribution in [2.45, 2.75) is 102 Å². The molecule has 0 amide bonds. The van der Waals surface area contributed by atoms with Gasteiger partial charge in [0.25, 0.3) is 17.9 Å². The van der Waals surface area contributed by atoms with E-state index in [9.17, 15) is 14.4 Å². The monoisotopic (exact) mass is 1870 g/mol. The Labute approximate surface area is 551 Å². The molecule has 0 saturated carbocycles. The number of rotatable bonds is 12. The van der Waals surface area contributed by atoms with Gasteiger partial charge in [0.15, 0.2) is 0 Å². The molecule has 0 aliphatic heterocycles. The fraction of sp³-hybridized carbons (Fsp3) is 0.333. The maximum atomic E-state index is 10.3. The van der Waals surface area contributed by atoms with Gasteiger partial charge in [-0.15, -0.1) is 0 Å². The van der Waals surface area contributed by atoms with Crippen LogP contribution in [-0.4, -0.2) is 122 Å². The minimum atomic E-state index is -0.833. The van der Waals surface area contributed by atoms with Gasteiger partial charge in [-0.3, -0.25) is 69.2 Å². The zero-order chi connectivity index (χ0) is 66.6. The Kier molecular flexibility index (Phi) is 74.3. The van der Waals surface area contributed by atoms with Gasteiger partial charge in [-0.25, -0.2) is 0 Å². The minimum absolute atomic E-state index is 0. The molecule has 86 heavy (non-hydrogen) atoms. The van der Waals surface area contributed by atoms with E-state index in [-0.39, 0.29) is 24.7 Å². The third kappa shape index (κ3) is 65.0. The molecule has 0 bridgehead atoms. The number of esters is 2. The normalized spacial score (nSPS) is 8.70. The van der Waals surface area contributed by atoms with Crippen LogP contribution in [0.2, 0.25) is 0 Å². The van der Waals surface area contributed by atoms with Crippen molar-refractivity contribution in [3.8, 4) is 51.4 Å². The van der Waals surface area contributed by atoms with Gasteiger partial charge in [0, 0.05) is 95.4 Å². The quantitative estimate of drug-likeness (QED) is 0.0287. The van der Waals surface area contributed by atoms with Crippen LogP contribution in [-0.2, 0) is 82.9 Å². The van der Waals surface area contributed by atoms with Crippen molar-refractivity contribution in [2.24, 2.45) is 0 Å². The van der Waals surface area contributed by atoms with Crippen molar-refractivity contribution in [3.05, 3.63) is 127 Å². The molecule has 6 rings (SSSR count). The SMILES string of the molecule is CC(=O)O.CC(=O)O.CC(=O)O.CCC(=O)O.CCC(=O)OC(=O)CC.CCOc1ccnc(-c2cc(C)ccn2)c1.CCOc1ccnc(-c2cc(C)ccn2)c1.CCOc1ccnc(-c2cc(C)ccn2)c1.O.OO.[Cl][Pt][Cl].[Cl][Pt][Cl].[Cl][Pt][Cl]. The first-order valence-corrected chi connectivity index (χ1v) is 41.0. The molecular weight excluding hydrogens is 1800 g/mol. The number of carbonyl (C=O) groups is 6. The Balaban J connectivity index is -0.000000170. The number of aliphatic carboxylic acids is 4. The molecule has 8 N–H and O–H groups in total. The average molecular weight is 1880 g/mol. The number of ether oxygens (including phenoxy) is 4. The first kappa shape index (κ1) is 94.7. The van der Waals surface area contributed by atoms with Gasteiger partial charge < -0.3 is 44.8 Å². The zero-order valence-corrected chi connectivity index (χ0v) is 60.2. The van der Waals surface area contributed by atoms with Crippen LogP contribution < -0.4 is 14.2 Å². The zero-order valence-electron chi connectivity index (χ0n) is 48.8. The number of nitrogens with zero attached hydrogens (tertiary/aromatic N) is 6. The molecule has 6 aromatic rings. The molecule has 0 spiro atoms. The summed E-state index contributed by atoms with van der Waals surface area (Å²) >= 11 is -1.42. The summed E-state index contributed by atoms with van der Waals surface area (Å²) in [7, 11) is 29.2. The van der Waals surface area contributed by atoms with Crippen LogP contribution in [0.5, 0.6) is 17.2 Å². The fourth-order valence-electron chi connectivity index (χ4n) is 4.72. The van der Waals surface area contributed by atoms with Crippen LogP contribution in [0, 0.1) is 20.8 Å². The number of aryl methyl sites for hydroxylation is 3. The Bertz CT molecular complexity index is 2430. The number of pyridine rings is 6. The Hall–Kier alpha value is -5.00. The number of aromatic nitrogens is 6. The number of carboxylic acid groups (broad SMARTS) is 4. The van der Waals surface area contributed by atoms with Crippen LogP contribution in [0.4, 0.5) is 0 Å². The van der Waals surface area contributed by atoms with Gasteiger partial charge in [0.2, 0.25) is 0 Å². The van der Waals surface area contributed by atoms with E-state index in [1.165, 1.54) is 16.7 Å². The summed E-state index contributed by atoms with van der Waals surface area (Å²) < 4.78 is 20.6. The molecule has 0 unspecified atom stereocenters. The van der Waals surface area contributed by atoms with E-state index in [1.807, 2.05) is 114 Å². The average Bonchev–Trinajstić information content (AvgIpc) is 3.58. The fourth-order valence-corrected chi connectivity index (χ4v) is 4.72. The van der Waals surface area contributed by atoms with E-state index in [4.69, 9.17) is 116 Å². The molecule has 0 aromatic carbocycles. The molecule has 0 aliphatic rings. The van der Waals surface area contributed by atoms with Crippen LogP contribution in [0.3, 0.4) is 0 Å². The number of hydrogen-bond acceptors (Lipinski definition) is 18. The predicted octanol–water partition coefficient (Wildman–Crippen LogP) is 13.5. The molecule has 32 heteroatoms. The first-order valence-electron chi connectivity index (χ1n) is 24.1. The molecule has 494 valence electrons. The van der Waals surface area contributed by atoms with Gasteiger partial charge in [0.1, 0.15) is 17.2 Å². The third-order valence-corrected chi connectivity index (χ3v) is 7.77.